The highest BCUT2D eigenvalue weighted by Crippen LogP contribution is 2.22. The number of benzene rings is 1. The molecule has 0 unspecified atom stereocenters. The number of carboxylic acids is 1. The van der Waals surface area contributed by atoms with Gasteiger partial charge < -0.3 is 15.2 Å². The van der Waals surface area contributed by atoms with Gasteiger partial charge in [-0.2, -0.15) is 0 Å². The maximum atomic E-state index is 11.0. The number of nitro groups is 1. The Labute approximate surface area is 116 Å². The predicted octanol–water partition coefficient (Wildman–Crippen LogP) is 2.52. The Morgan fingerprint density at radius 3 is 2.80 bits per heavy atom. The zero-order valence-corrected chi connectivity index (χ0v) is 11.3. The fourth-order valence-corrected chi connectivity index (χ4v) is 1.63. The zero-order chi connectivity index (χ0) is 15.0. The number of hydrogen-bond acceptors (Lipinski definition) is 5. The Balaban J connectivity index is 2.57. The number of hydrogen-bond donors (Lipinski definition) is 2. The normalized spacial score (nSPS) is 10.2. The van der Waals surface area contributed by atoms with Crippen molar-refractivity contribution in [2.75, 3.05) is 25.1 Å². The summed E-state index contributed by atoms with van der Waals surface area (Å²) in [5, 5.41) is 22.7. The lowest BCUT2D eigenvalue weighted by atomic mass is 10.1. The molecule has 1 aromatic rings. The molecule has 0 aromatic heterocycles. The molecule has 2 N–H and O–H groups in total. The first-order valence-corrected chi connectivity index (χ1v) is 6.39. The van der Waals surface area contributed by atoms with Crippen LogP contribution in [-0.2, 0) is 4.74 Å². The molecule has 0 fully saturated rings. The number of nitrogens with one attached hydrogen (secondary N) is 1. The molecule has 1 rings (SSSR count). The fourth-order valence-electron chi connectivity index (χ4n) is 1.63. The van der Waals surface area contributed by atoms with E-state index in [-0.39, 0.29) is 5.56 Å². The van der Waals surface area contributed by atoms with Crippen LogP contribution in [0, 0.1) is 10.1 Å². The van der Waals surface area contributed by atoms with Crippen molar-refractivity contribution in [3.63, 3.8) is 0 Å². The lowest BCUT2D eigenvalue weighted by molar-refractivity contribution is -0.385. The molecule has 110 valence electrons. The second kappa shape index (κ2) is 8.11. The van der Waals surface area contributed by atoms with Gasteiger partial charge in [0.25, 0.3) is 5.69 Å². The topological polar surface area (TPSA) is 102 Å². The van der Waals surface area contributed by atoms with E-state index in [9.17, 15) is 14.9 Å². The molecule has 0 saturated heterocycles. The van der Waals surface area contributed by atoms with Gasteiger partial charge in [-0.1, -0.05) is 6.92 Å². The second-order valence-electron chi connectivity index (χ2n) is 4.19. The molecule has 7 nitrogen and oxygen atoms in total. The highest BCUT2D eigenvalue weighted by atomic mass is 16.6. The standard InChI is InChI=1S/C13H18N2O5/c1-2-7-20-8-3-6-14-10-4-5-12(15(18)19)11(9-10)13(16)17/h4-5,9,14H,2-3,6-8H2,1H3,(H,16,17). The predicted molar refractivity (Wildman–Crippen MR) is 74.3 cm³/mol. The summed E-state index contributed by atoms with van der Waals surface area (Å²) in [6.45, 7) is 3.99. The summed E-state index contributed by atoms with van der Waals surface area (Å²) in [6.07, 6.45) is 1.75. The quantitative estimate of drug-likeness (QED) is 0.410. The van der Waals surface area contributed by atoms with Gasteiger partial charge in [-0.15, -0.1) is 0 Å². The minimum Gasteiger partial charge on any atom is -0.477 e. The van der Waals surface area contributed by atoms with Crippen LogP contribution in [0.15, 0.2) is 18.2 Å². The van der Waals surface area contributed by atoms with Crippen molar-refractivity contribution in [3.8, 4) is 0 Å². The van der Waals surface area contributed by atoms with Gasteiger partial charge in [0.05, 0.1) is 4.92 Å². The lowest BCUT2D eigenvalue weighted by Gasteiger charge is -2.08. The van der Waals surface area contributed by atoms with Gasteiger partial charge in [-0.3, -0.25) is 10.1 Å². The summed E-state index contributed by atoms with van der Waals surface area (Å²) in [7, 11) is 0. The van der Waals surface area contributed by atoms with E-state index in [0.717, 1.165) is 19.4 Å². The van der Waals surface area contributed by atoms with Gasteiger partial charge in [0.1, 0.15) is 5.56 Å². The SMILES string of the molecule is CCCOCCCNc1ccc([N+](=O)[O-])c(C(=O)O)c1. The average molecular weight is 282 g/mol. The summed E-state index contributed by atoms with van der Waals surface area (Å²) in [6, 6.07) is 3.96. The minimum atomic E-state index is -1.31. The van der Waals surface area contributed by atoms with E-state index in [2.05, 4.69) is 5.32 Å². The first-order chi connectivity index (χ1) is 9.56. The van der Waals surface area contributed by atoms with E-state index >= 15 is 0 Å². The molecule has 7 heteroatoms. The highest BCUT2D eigenvalue weighted by molar-refractivity contribution is 5.93. The van der Waals surface area contributed by atoms with Gasteiger partial charge in [-0.25, -0.2) is 4.79 Å². The van der Waals surface area contributed by atoms with Crippen LogP contribution < -0.4 is 5.32 Å². The number of rotatable bonds is 9. The van der Waals surface area contributed by atoms with Crippen molar-refractivity contribution in [2.45, 2.75) is 19.8 Å². The Morgan fingerprint density at radius 2 is 2.20 bits per heavy atom. The van der Waals surface area contributed by atoms with Crippen molar-refractivity contribution >= 4 is 17.3 Å². The molecular weight excluding hydrogens is 264 g/mol. The Hall–Kier alpha value is -2.15. The molecular formula is C13H18N2O5. The van der Waals surface area contributed by atoms with E-state index in [0.29, 0.717) is 18.8 Å². The minimum absolute atomic E-state index is 0.317. The molecule has 0 radical (unpaired) electrons. The molecule has 0 atom stereocenters. The summed E-state index contributed by atoms with van der Waals surface area (Å²) in [5.41, 5.74) is -0.181. The van der Waals surface area contributed by atoms with Gasteiger partial charge >= 0.3 is 5.97 Å². The van der Waals surface area contributed by atoms with E-state index < -0.39 is 16.6 Å². The van der Waals surface area contributed by atoms with Crippen molar-refractivity contribution in [1.82, 2.24) is 0 Å². The summed E-state index contributed by atoms with van der Waals surface area (Å²) in [4.78, 5) is 21.0. The van der Waals surface area contributed by atoms with E-state index in [4.69, 9.17) is 9.84 Å². The third-order valence-electron chi connectivity index (χ3n) is 2.57. The number of nitrogens with zero attached hydrogens (tertiary/aromatic N) is 1. The Kier molecular flexibility index (Phi) is 6.45. The molecule has 0 heterocycles. The molecule has 1 aromatic carbocycles. The van der Waals surface area contributed by atoms with Crippen LogP contribution in [0.1, 0.15) is 30.1 Å². The average Bonchev–Trinajstić information content (AvgIpc) is 2.42. The van der Waals surface area contributed by atoms with Gasteiger partial charge in [0.2, 0.25) is 0 Å². The summed E-state index contributed by atoms with van der Waals surface area (Å²) in [5.74, 6) is -1.31. The van der Waals surface area contributed by atoms with Crippen LogP contribution in [0.5, 0.6) is 0 Å². The summed E-state index contributed by atoms with van der Waals surface area (Å²) >= 11 is 0. The molecule has 0 bridgehead atoms. The maximum Gasteiger partial charge on any atom is 0.342 e. The second-order valence-corrected chi connectivity index (χ2v) is 4.19. The zero-order valence-electron chi connectivity index (χ0n) is 11.3. The maximum absolute atomic E-state index is 11.0. The first-order valence-electron chi connectivity index (χ1n) is 6.39. The van der Waals surface area contributed by atoms with Crippen LogP contribution >= 0.6 is 0 Å². The third-order valence-corrected chi connectivity index (χ3v) is 2.57. The Bertz CT molecular complexity index is 476. The number of aromatic carboxylic acids is 1. The number of carbonyl (C=O) groups is 1. The van der Waals surface area contributed by atoms with E-state index in [1.807, 2.05) is 6.92 Å². The Morgan fingerprint density at radius 1 is 1.45 bits per heavy atom. The van der Waals surface area contributed by atoms with Crippen LogP contribution in [0.4, 0.5) is 11.4 Å². The van der Waals surface area contributed by atoms with Crippen molar-refractivity contribution in [2.24, 2.45) is 0 Å². The monoisotopic (exact) mass is 282 g/mol. The van der Waals surface area contributed by atoms with E-state index in [1.54, 1.807) is 0 Å². The van der Waals surface area contributed by atoms with E-state index in [1.165, 1.54) is 18.2 Å². The molecule has 0 saturated carbocycles. The number of carboxylic acid groups (broad SMARTS) is 1. The van der Waals surface area contributed by atoms with Crippen LogP contribution in [0.25, 0.3) is 0 Å². The lowest BCUT2D eigenvalue weighted by Crippen LogP contribution is -2.08. The molecule has 0 aliphatic carbocycles. The largest absolute Gasteiger partial charge is 0.477 e. The number of anilines is 1. The highest BCUT2D eigenvalue weighted by Gasteiger charge is 2.19. The van der Waals surface area contributed by atoms with Crippen molar-refractivity contribution < 1.29 is 19.6 Å². The van der Waals surface area contributed by atoms with Crippen molar-refractivity contribution in [3.05, 3.63) is 33.9 Å². The number of nitro benzene ring substituents is 1. The van der Waals surface area contributed by atoms with Crippen LogP contribution in [0.3, 0.4) is 0 Å². The summed E-state index contributed by atoms with van der Waals surface area (Å²) < 4.78 is 5.31. The van der Waals surface area contributed by atoms with Crippen LogP contribution in [0.2, 0.25) is 0 Å². The number of ether oxygens (including phenoxy) is 1. The van der Waals surface area contributed by atoms with Gasteiger partial charge in [0.15, 0.2) is 0 Å². The van der Waals surface area contributed by atoms with Gasteiger partial charge in [0, 0.05) is 31.5 Å². The smallest absolute Gasteiger partial charge is 0.342 e. The van der Waals surface area contributed by atoms with Gasteiger partial charge in [-0.05, 0) is 25.0 Å². The molecule has 20 heavy (non-hydrogen) atoms. The molecule has 0 amide bonds. The molecule has 0 spiro atoms. The molecule has 0 aliphatic heterocycles. The third kappa shape index (κ3) is 4.85. The molecule has 0 aliphatic rings. The van der Waals surface area contributed by atoms with Crippen LogP contribution in [-0.4, -0.2) is 35.8 Å². The first kappa shape index (κ1) is 15.9. The van der Waals surface area contributed by atoms with Crippen molar-refractivity contribution in [1.29, 1.82) is 0 Å². The fraction of sp³-hybridized carbons (Fsp3) is 0.462.